The number of benzene rings is 2. The highest BCUT2D eigenvalue weighted by atomic mass is 127. The van der Waals surface area contributed by atoms with E-state index in [0.717, 1.165) is 58.9 Å². The van der Waals surface area contributed by atoms with Gasteiger partial charge in [0.1, 0.15) is 18.0 Å². The number of aromatic nitrogens is 1. The highest BCUT2D eigenvalue weighted by Gasteiger charge is 2.25. The number of oxazole rings is 1. The third-order valence-electron chi connectivity index (χ3n) is 4.99. The molecule has 0 atom stereocenters. The first-order valence-electron chi connectivity index (χ1n) is 9.70. The standard InChI is InChI=1S/C23H25N2O4.HI/c1-5-24-18-12-10-16(26-3)14-20(18)28-22(24)8-7-9-23-25(6-2)19-13-11-17(27-4)15-21(19)29-23;/h7-15H,5-6H2,1-4H3;1H/q+1;/p-1. The molecule has 158 valence electrons. The summed E-state index contributed by atoms with van der Waals surface area (Å²) in [6.07, 6.45) is 5.84. The van der Waals surface area contributed by atoms with Crippen LogP contribution in [0.2, 0.25) is 0 Å². The number of anilines is 1. The molecule has 2 heterocycles. The van der Waals surface area contributed by atoms with E-state index in [1.807, 2.05) is 54.6 Å². The van der Waals surface area contributed by atoms with Crippen LogP contribution in [0.25, 0.3) is 17.2 Å². The number of hydrogen-bond donors (Lipinski definition) is 0. The van der Waals surface area contributed by atoms with E-state index in [2.05, 4.69) is 23.3 Å². The Balaban J connectivity index is 0.00000256. The second kappa shape index (κ2) is 9.42. The van der Waals surface area contributed by atoms with Crippen molar-refractivity contribution in [2.75, 3.05) is 25.7 Å². The molecule has 0 N–H and O–H groups in total. The summed E-state index contributed by atoms with van der Waals surface area (Å²) in [6.45, 7) is 5.80. The van der Waals surface area contributed by atoms with Crippen molar-refractivity contribution < 1.29 is 47.2 Å². The lowest BCUT2D eigenvalue weighted by Gasteiger charge is -2.14. The minimum absolute atomic E-state index is 0. The fourth-order valence-electron chi connectivity index (χ4n) is 3.54. The molecule has 0 aliphatic carbocycles. The molecular weight excluding hydrogens is 495 g/mol. The summed E-state index contributed by atoms with van der Waals surface area (Å²) in [7, 11) is 3.30. The van der Waals surface area contributed by atoms with Crippen LogP contribution in [0, 0.1) is 0 Å². The molecule has 1 aliphatic heterocycles. The van der Waals surface area contributed by atoms with Gasteiger partial charge in [0, 0.05) is 24.7 Å². The Bertz CT molecular complexity index is 1100. The van der Waals surface area contributed by atoms with Gasteiger partial charge in [0.15, 0.2) is 5.75 Å². The lowest BCUT2D eigenvalue weighted by atomic mass is 10.2. The SMILES string of the molecule is CCN1/C(=C/C=C/c2oc3cc(OC)ccc3[n+]2CC)Oc2cc(OC)ccc21.[I-]. The van der Waals surface area contributed by atoms with Crippen LogP contribution >= 0.6 is 0 Å². The van der Waals surface area contributed by atoms with Crippen molar-refractivity contribution in [1.29, 1.82) is 0 Å². The Morgan fingerprint density at radius 3 is 2.47 bits per heavy atom. The Kier molecular flexibility index (Phi) is 6.91. The van der Waals surface area contributed by atoms with Crippen LogP contribution in [0.1, 0.15) is 19.7 Å². The first kappa shape index (κ1) is 22.0. The summed E-state index contributed by atoms with van der Waals surface area (Å²) in [5, 5.41) is 0. The molecule has 0 saturated heterocycles. The number of fused-ring (bicyclic) bond motifs is 2. The third-order valence-corrected chi connectivity index (χ3v) is 4.99. The van der Waals surface area contributed by atoms with E-state index in [1.165, 1.54) is 0 Å². The van der Waals surface area contributed by atoms with E-state index >= 15 is 0 Å². The molecular formula is C23H25IN2O4. The van der Waals surface area contributed by atoms with Gasteiger partial charge in [0.25, 0.3) is 5.52 Å². The highest BCUT2D eigenvalue weighted by Crippen LogP contribution is 2.41. The number of allylic oxidation sites excluding steroid dienone is 2. The summed E-state index contributed by atoms with van der Waals surface area (Å²) >= 11 is 0. The minimum Gasteiger partial charge on any atom is -1.00 e. The van der Waals surface area contributed by atoms with Gasteiger partial charge in [-0.1, -0.05) is 0 Å². The molecule has 0 bridgehead atoms. The van der Waals surface area contributed by atoms with E-state index in [4.69, 9.17) is 18.6 Å². The zero-order chi connectivity index (χ0) is 20.4. The number of methoxy groups -OCH3 is 2. The van der Waals surface area contributed by atoms with Gasteiger partial charge >= 0.3 is 5.89 Å². The fraction of sp³-hybridized carbons (Fsp3) is 0.261. The van der Waals surface area contributed by atoms with Gasteiger partial charge in [-0.3, -0.25) is 0 Å². The highest BCUT2D eigenvalue weighted by molar-refractivity contribution is 5.72. The topological polar surface area (TPSA) is 48.0 Å². The van der Waals surface area contributed by atoms with Crippen molar-refractivity contribution >= 4 is 22.9 Å². The number of nitrogens with zero attached hydrogens (tertiary/aromatic N) is 2. The van der Waals surface area contributed by atoms with Crippen molar-refractivity contribution in [3.05, 3.63) is 60.3 Å². The lowest BCUT2D eigenvalue weighted by molar-refractivity contribution is -0.674. The molecule has 6 nitrogen and oxygen atoms in total. The van der Waals surface area contributed by atoms with Gasteiger partial charge in [0.2, 0.25) is 11.5 Å². The zero-order valence-corrected chi connectivity index (χ0v) is 19.7. The van der Waals surface area contributed by atoms with Gasteiger partial charge in [0.05, 0.1) is 26.0 Å². The zero-order valence-electron chi connectivity index (χ0n) is 17.5. The maximum Gasteiger partial charge on any atom is 0.374 e. The van der Waals surface area contributed by atoms with E-state index < -0.39 is 0 Å². The monoisotopic (exact) mass is 520 g/mol. The molecule has 3 aromatic rings. The van der Waals surface area contributed by atoms with E-state index in [1.54, 1.807) is 14.2 Å². The van der Waals surface area contributed by atoms with Crippen molar-refractivity contribution in [3.8, 4) is 17.2 Å². The first-order valence-corrected chi connectivity index (χ1v) is 9.70. The third kappa shape index (κ3) is 3.98. The predicted octanol–water partition coefficient (Wildman–Crippen LogP) is 1.53. The van der Waals surface area contributed by atoms with Gasteiger partial charge in [-0.25, -0.2) is 0 Å². The first-order chi connectivity index (χ1) is 14.2. The molecule has 30 heavy (non-hydrogen) atoms. The molecule has 1 aromatic heterocycles. The second-order valence-electron chi connectivity index (χ2n) is 6.56. The van der Waals surface area contributed by atoms with Gasteiger partial charge in [-0.05, 0) is 44.2 Å². The van der Waals surface area contributed by atoms with Gasteiger partial charge in [-0.2, -0.15) is 4.57 Å². The van der Waals surface area contributed by atoms with Crippen molar-refractivity contribution in [2.45, 2.75) is 20.4 Å². The largest absolute Gasteiger partial charge is 1.00 e. The number of halogens is 1. The molecule has 0 radical (unpaired) electrons. The van der Waals surface area contributed by atoms with E-state index in [-0.39, 0.29) is 24.0 Å². The number of ether oxygens (including phenoxy) is 3. The minimum atomic E-state index is 0. The van der Waals surface area contributed by atoms with Crippen LogP contribution in [0.5, 0.6) is 17.2 Å². The average Bonchev–Trinajstić information content (AvgIpc) is 3.29. The van der Waals surface area contributed by atoms with Crippen molar-refractivity contribution in [2.24, 2.45) is 0 Å². The van der Waals surface area contributed by atoms with Crippen LogP contribution < -0.4 is 47.7 Å². The molecule has 0 unspecified atom stereocenters. The van der Waals surface area contributed by atoms with Crippen molar-refractivity contribution in [3.63, 3.8) is 0 Å². The maximum atomic E-state index is 6.04. The summed E-state index contributed by atoms with van der Waals surface area (Å²) in [4.78, 5) is 2.12. The summed E-state index contributed by atoms with van der Waals surface area (Å²) in [6, 6.07) is 11.7. The van der Waals surface area contributed by atoms with E-state index in [0.29, 0.717) is 0 Å². The number of rotatable bonds is 6. The predicted molar refractivity (Wildman–Crippen MR) is 112 cm³/mol. The van der Waals surface area contributed by atoms with Gasteiger partial charge in [-0.15, -0.1) is 0 Å². The van der Waals surface area contributed by atoms with Crippen LogP contribution in [-0.2, 0) is 6.54 Å². The second-order valence-corrected chi connectivity index (χ2v) is 6.56. The van der Waals surface area contributed by atoms with E-state index in [9.17, 15) is 0 Å². The van der Waals surface area contributed by atoms with Crippen LogP contribution in [-0.4, -0.2) is 20.8 Å². The Morgan fingerprint density at radius 2 is 1.77 bits per heavy atom. The van der Waals surface area contributed by atoms with Crippen LogP contribution in [0.4, 0.5) is 5.69 Å². The smallest absolute Gasteiger partial charge is 0.374 e. The Labute approximate surface area is 193 Å². The molecule has 0 saturated carbocycles. The Hall–Kier alpha value is -2.68. The number of aryl methyl sites for hydroxylation is 1. The normalized spacial score (nSPS) is 14.1. The van der Waals surface area contributed by atoms with Crippen molar-refractivity contribution in [1.82, 2.24) is 0 Å². The molecule has 0 spiro atoms. The van der Waals surface area contributed by atoms with Gasteiger partial charge < -0.3 is 47.5 Å². The lowest BCUT2D eigenvalue weighted by Crippen LogP contribution is -3.00. The van der Waals surface area contributed by atoms with Crippen LogP contribution in [0.3, 0.4) is 0 Å². The molecule has 2 aromatic carbocycles. The number of hydrogen-bond acceptors (Lipinski definition) is 5. The maximum absolute atomic E-state index is 6.04. The summed E-state index contributed by atoms with van der Waals surface area (Å²) < 4.78 is 24.8. The summed E-state index contributed by atoms with van der Waals surface area (Å²) in [5.74, 6) is 3.89. The molecule has 0 fully saturated rings. The molecule has 0 amide bonds. The summed E-state index contributed by atoms with van der Waals surface area (Å²) in [5.41, 5.74) is 2.87. The quantitative estimate of drug-likeness (QED) is 0.365. The Morgan fingerprint density at radius 1 is 1.03 bits per heavy atom. The molecule has 4 rings (SSSR count). The average molecular weight is 520 g/mol. The van der Waals surface area contributed by atoms with Crippen LogP contribution in [0.15, 0.2) is 58.9 Å². The molecule has 1 aliphatic rings. The molecule has 7 heteroatoms. The fourth-order valence-corrected chi connectivity index (χ4v) is 3.54.